The van der Waals surface area contributed by atoms with Crippen LogP contribution in [0.25, 0.3) is 0 Å². The van der Waals surface area contributed by atoms with Gasteiger partial charge in [-0.05, 0) is 24.1 Å². The van der Waals surface area contributed by atoms with Crippen LogP contribution >= 0.6 is 0 Å². The summed E-state index contributed by atoms with van der Waals surface area (Å²) < 4.78 is 38.9. The van der Waals surface area contributed by atoms with Crippen molar-refractivity contribution in [3.05, 3.63) is 48.0 Å². The average Bonchev–Trinajstić information content (AvgIpc) is 2.41. The summed E-state index contributed by atoms with van der Waals surface area (Å²) in [7, 11) is -3.66. The Labute approximate surface area is 115 Å². The molecule has 8 heteroatoms. The highest BCUT2D eigenvalue weighted by Gasteiger charge is 2.14. The van der Waals surface area contributed by atoms with Gasteiger partial charge in [0.05, 0.1) is 12.4 Å². The molecule has 20 heavy (non-hydrogen) atoms. The van der Waals surface area contributed by atoms with Crippen molar-refractivity contribution in [1.82, 2.24) is 14.7 Å². The highest BCUT2D eigenvalue weighted by molar-refractivity contribution is 7.89. The van der Waals surface area contributed by atoms with Crippen LogP contribution in [0.5, 0.6) is 0 Å². The standard InChI is InChI=1S/C12H13FN4O2S/c13-10-3-1-9(2-4-10)5-6-17-20(18,19)11-7-15-12(14)16-8-11/h1-4,7-8,17H,5-6H2,(H2,14,15,16). The number of nitrogens with zero attached hydrogens (tertiary/aromatic N) is 2. The minimum absolute atomic E-state index is 0.00950. The largest absolute Gasteiger partial charge is 0.368 e. The Morgan fingerprint density at radius 2 is 1.75 bits per heavy atom. The summed E-state index contributed by atoms with van der Waals surface area (Å²) >= 11 is 0. The van der Waals surface area contributed by atoms with E-state index in [0.717, 1.165) is 18.0 Å². The van der Waals surface area contributed by atoms with E-state index in [4.69, 9.17) is 5.73 Å². The first kappa shape index (κ1) is 14.4. The fourth-order valence-electron chi connectivity index (χ4n) is 1.53. The van der Waals surface area contributed by atoms with Gasteiger partial charge in [0.1, 0.15) is 10.7 Å². The molecular formula is C12H13FN4O2S. The van der Waals surface area contributed by atoms with Gasteiger partial charge in [-0.25, -0.2) is 27.5 Å². The van der Waals surface area contributed by atoms with E-state index in [1.54, 1.807) is 12.1 Å². The summed E-state index contributed by atoms with van der Waals surface area (Å²) in [5.74, 6) is -0.316. The topological polar surface area (TPSA) is 98.0 Å². The third-order valence-electron chi connectivity index (χ3n) is 2.58. The van der Waals surface area contributed by atoms with Crippen molar-refractivity contribution in [2.45, 2.75) is 11.3 Å². The van der Waals surface area contributed by atoms with Gasteiger partial charge in [-0.15, -0.1) is 0 Å². The summed E-state index contributed by atoms with van der Waals surface area (Å²) in [4.78, 5) is 7.20. The smallest absolute Gasteiger partial charge is 0.243 e. The molecule has 2 aromatic rings. The van der Waals surface area contributed by atoms with Gasteiger partial charge >= 0.3 is 0 Å². The van der Waals surface area contributed by atoms with E-state index in [0.29, 0.717) is 6.42 Å². The maximum absolute atomic E-state index is 12.7. The zero-order valence-corrected chi connectivity index (χ0v) is 11.3. The van der Waals surface area contributed by atoms with Crippen molar-refractivity contribution in [3.63, 3.8) is 0 Å². The summed E-state index contributed by atoms with van der Waals surface area (Å²) in [6.45, 7) is 0.193. The van der Waals surface area contributed by atoms with Gasteiger partial charge in [-0.3, -0.25) is 0 Å². The molecule has 1 heterocycles. The van der Waals surface area contributed by atoms with Crippen LogP contribution in [0.4, 0.5) is 10.3 Å². The lowest BCUT2D eigenvalue weighted by Crippen LogP contribution is -2.26. The van der Waals surface area contributed by atoms with E-state index >= 15 is 0 Å². The first-order valence-corrected chi connectivity index (χ1v) is 7.27. The van der Waals surface area contributed by atoms with E-state index < -0.39 is 10.0 Å². The molecule has 0 aliphatic rings. The second kappa shape index (κ2) is 5.93. The number of nitrogens with two attached hydrogens (primary N) is 1. The van der Waals surface area contributed by atoms with Gasteiger partial charge in [0.25, 0.3) is 0 Å². The van der Waals surface area contributed by atoms with Crippen molar-refractivity contribution < 1.29 is 12.8 Å². The van der Waals surface area contributed by atoms with Crippen LogP contribution in [-0.4, -0.2) is 24.9 Å². The molecule has 0 saturated heterocycles. The molecule has 0 spiro atoms. The van der Waals surface area contributed by atoms with Crippen molar-refractivity contribution in [2.75, 3.05) is 12.3 Å². The fraction of sp³-hybridized carbons (Fsp3) is 0.167. The number of anilines is 1. The van der Waals surface area contributed by atoms with Crippen LogP contribution in [0.1, 0.15) is 5.56 Å². The van der Waals surface area contributed by atoms with Crippen molar-refractivity contribution in [2.24, 2.45) is 0 Å². The van der Waals surface area contributed by atoms with E-state index in [1.807, 2.05) is 0 Å². The highest BCUT2D eigenvalue weighted by atomic mass is 32.2. The van der Waals surface area contributed by atoms with Crippen LogP contribution in [0.2, 0.25) is 0 Å². The Balaban J connectivity index is 1.96. The minimum Gasteiger partial charge on any atom is -0.368 e. The number of nitrogens with one attached hydrogen (secondary N) is 1. The number of halogens is 1. The first-order valence-electron chi connectivity index (χ1n) is 5.79. The van der Waals surface area contributed by atoms with Crippen LogP contribution in [0.15, 0.2) is 41.6 Å². The van der Waals surface area contributed by atoms with Crippen LogP contribution < -0.4 is 10.5 Å². The molecule has 0 unspecified atom stereocenters. The van der Waals surface area contributed by atoms with E-state index in [9.17, 15) is 12.8 Å². The molecule has 0 atom stereocenters. The third kappa shape index (κ3) is 3.72. The molecule has 6 nitrogen and oxygen atoms in total. The van der Waals surface area contributed by atoms with Gasteiger partial charge in [-0.2, -0.15) is 0 Å². The Hall–Kier alpha value is -2.06. The monoisotopic (exact) mass is 296 g/mol. The summed E-state index contributed by atoms with van der Waals surface area (Å²) in [5.41, 5.74) is 6.13. The molecule has 0 radical (unpaired) electrons. The molecule has 106 valence electrons. The normalized spacial score (nSPS) is 11.4. The maximum atomic E-state index is 12.7. The number of sulfonamides is 1. The molecule has 0 amide bonds. The Morgan fingerprint density at radius 1 is 1.15 bits per heavy atom. The maximum Gasteiger partial charge on any atom is 0.243 e. The van der Waals surface area contributed by atoms with Gasteiger partial charge in [0, 0.05) is 6.54 Å². The summed E-state index contributed by atoms with van der Waals surface area (Å²) in [6, 6.07) is 5.88. The number of hydrogen-bond donors (Lipinski definition) is 2. The molecular weight excluding hydrogens is 283 g/mol. The molecule has 0 aliphatic heterocycles. The lowest BCUT2D eigenvalue weighted by molar-refractivity contribution is 0.580. The van der Waals surface area contributed by atoms with E-state index in [2.05, 4.69) is 14.7 Å². The van der Waals surface area contributed by atoms with Crippen molar-refractivity contribution in [1.29, 1.82) is 0 Å². The van der Waals surface area contributed by atoms with Gasteiger partial charge in [-0.1, -0.05) is 12.1 Å². The zero-order valence-electron chi connectivity index (χ0n) is 10.5. The third-order valence-corrected chi connectivity index (χ3v) is 3.99. The number of aromatic nitrogens is 2. The van der Waals surface area contributed by atoms with Crippen molar-refractivity contribution in [3.8, 4) is 0 Å². The Morgan fingerprint density at radius 3 is 2.35 bits per heavy atom. The van der Waals surface area contributed by atoms with Crippen molar-refractivity contribution >= 4 is 16.0 Å². The van der Waals surface area contributed by atoms with E-state index in [-0.39, 0.29) is 23.2 Å². The number of rotatable bonds is 5. The average molecular weight is 296 g/mol. The van der Waals surface area contributed by atoms with E-state index in [1.165, 1.54) is 12.1 Å². The van der Waals surface area contributed by atoms with Crippen LogP contribution in [0.3, 0.4) is 0 Å². The molecule has 1 aromatic heterocycles. The molecule has 2 rings (SSSR count). The molecule has 3 N–H and O–H groups in total. The minimum atomic E-state index is -3.66. The zero-order chi connectivity index (χ0) is 14.6. The van der Waals surface area contributed by atoms with Gasteiger partial charge in [0.15, 0.2) is 0 Å². The Bertz CT molecular complexity index is 672. The molecule has 0 saturated carbocycles. The number of nitrogen functional groups attached to an aromatic ring is 1. The lowest BCUT2D eigenvalue weighted by Gasteiger charge is -2.06. The second-order valence-electron chi connectivity index (χ2n) is 4.05. The number of benzene rings is 1. The predicted molar refractivity (Wildman–Crippen MR) is 71.7 cm³/mol. The lowest BCUT2D eigenvalue weighted by atomic mass is 10.1. The molecule has 0 aliphatic carbocycles. The molecule has 0 fully saturated rings. The quantitative estimate of drug-likeness (QED) is 0.847. The molecule has 0 bridgehead atoms. The van der Waals surface area contributed by atoms with Gasteiger partial charge < -0.3 is 5.73 Å². The molecule has 1 aromatic carbocycles. The second-order valence-corrected chi connectivity index (χ2v) is 5.82. The van der Waals surface area contributed by atoms with Crippen LogP contribution in [0, 0.1) is 5.82 Å². The fourth-order valence-corrected chi connectivity index (χ4v) is 2.45. The Kier molecular flexibility index (Phi) is 4.26. The first-order chi connectivity index (χ1) is 9.47. The van der Waals surface area contributed by atoms with Crippen LogP contribution in [-0.2, 0) is 16.4 Å². The van der Waals surface area contributed by atoms with Gasteiger partial charge in [0.2, 0.25) is 16.0 Å². The summed E-state index contributed by atoms with van der Waals surface area (Å²) in [5, 5.41) is 0. The SMILES string of the molecule is Nc1ncc(S(=O)(=O)NCCc2ccc(F)cc2)cn1. The number of hydrogen-bond acceptors (Lipinski definition) is 5. The highest BCUT2D eigenvalue weighted by Crippen LogP contribution is 2.07. The summed E-state index contributed by atoms with van der Waals surface area (Å²) in [6.07, 6.45) is 2.74. The predicted octanol–water partition coefficient (Wildman–Crippen LogP) is 0.719.